The third kappa shape index (κ3) is 6.51. The summed E-state index contributed by atoms with van der Waals surface area (Å²) < 4.78 is 20.9. The number of H-pyrrole nitrogens is 1. The van der Waals surface area contributed by atoms with E-state index in [1.165, 1.54) is 6.08 Å². The lowest BCUT2D eigenvalue weighted by Crippen LogP contribution is -2.14. The van der Waals surface area contributed by atoms with Gasteiger partial charge in [0.25, 0.3) is 0 Å². The van der Waals surface area contributed by atoms with E-state index in [2.05, 4.69) is 15.2 Å². The second kappa shape index (κ2) is 11.8. The second-order valence-corrected chi connectivity index (χ2v) is 7.62. The van der Waals surface area contributed by atoms with E-state index in [0.29, 0.717) is 34.2 Å². The highest BCUT2D eigenvalue weighted by atomic mass is 32.2. The lowest BCUT2D eigenvalue weighted by Gasteiger charge is -2.09. The molecule has 0 saturated heterocycles. The molecule has 2 N–H and O–H groups in total. The number of carbonyl (C=O) groups excluding carboxylic acids is 1. The largest absolute Gasteiger partial charge is 0.497 e. The average molecular weight is 486 g/mol. The summed E-state index contributed by atoms with van der Waals surface area (Å²) in [5.41, 5.74) is 1.14. The maximum absolute atomic E-state index is 11.9. The van der Waals surface area contributed by atoms with Gasteiger partial charge in [0.05, 0.1) is 20.8 Å². The molecule has 0 radical (unpaired) electrons. The van der Waals surface area contributed by atoms with E-state index in [1.54, 1.807) is 63.6 Å². The summed E-state index contributed by atoms with van der Waals surface area (Å²) in [7, 11) is 3.08. The van der Waals surface area contributed by atoms with Crippen molar-refractivity contribution in [3.8, 4) is 28.6 Å². The molecule has 34 heavy (non-hydrogen) atoms. The Kier molecular flexibility index (Phi) is 8.52. The number of ether oxygens (including phenoxy) is 4. The third-order valence-electron chi connectivity index (χ3n) is 4.36. The van der Waals surface area contributed by atoms with E-state index in [9.17, 15) is 14.7 Å². The van der Waals surface area contributed by atoms with Gasteiger partial charge in [0.2, 0.25) is 5.16 Å². The Hall–Kier alpha value is -3.99. The summed E-state index contributed by atoms with van der Waals surface area (Å²) >= 11 is 0.867. The second-order valence-electron chi connectivity index (χ2n) is 6.62. The molecule has 0 saturated carbocycles. The average Bonchev–Trinajstić information content (AvgIpc) is 3.31. The molecule has 0 amide bonds. The van der Waals surface area contributed by atoms with Crippen molar-refractivity contribution in [1.82, 2.24) is 15.2 Å². The molecule has 2 aromatic carbocycles. The van der Waals surface area contributed by atoms with Crippen LogP contribution in [0.3, 0.4) is 0 Å². The number of aliphatic carboxylic acids is 1. The summed E-state index contributed by atoms with van der Waals surface area (Å²) in [6, 6.07) is 12.0. The number of thioether (sulfide) groups is 1. The van der Waals surface area contributed by atoms with Crippen molar-refractivity contribution in [3.63, 3.8) is 0 Å². The molecule has 0 aliphatic heterocycles. The number of rotatable bonds is 11. The topological polar surface area (TPSA) is 133 Å². The number of nitrogens with zero attached hydrogens (tertiary/aromatic N) is 2. The maximum Gasteiger partial charge on any atom is 0.344 e. The SMILES string of the molecule is CCOC(=O)COc1ccccc1/C=C(\Sc1n[nH]c(-c2cc(OC)cc(OC)c2)n1)C(=O)O. The fourth-order valence-corrected chi connectivity index (χ4v) is 3.51. The number of hydrogen-bond donors (Lipinski definition) is 2. The molecule has 3 rings (SSSR count). The lowest BCUT2D eigenvalue weighted by atomic mass is 10.2. The van der Waals surface area contributed by atoms with Crippen LogP contribution < -0.4 is 14.2 Å². The number of carboxylic acid groups (broad SMARTS) is 1. The van der Waals surface area contributed by atoms with Gasteiger partial charge in [-0.05, 0) is 43.0 Å². The number of carbonyl (C=O) groups is 2. The number of benzene rings is 2. The van der Waals surface area contributed by atoms with Crippen LogP contribution in [0.2, 0.25) is 0 Å². The van der Waals surface area contributed by atoms with E-state index in [-0.39, 0.29) is 23.3 Å². The molecular weight excluding hydrogens is 462 g/mol. The van der Waals surface area contributed by atoms with Crippen LogP contribution in [0, 0.1) is 0 Å². The van der Waals surface area contributed by atoms with Crippen LogP contribution in [0.5, 0.6) is 17.2 Å². The number of esters is 1. The highest BCUT2D eigenvalue weighted by molar-refractivity contribution is 8.04. The van der Waals surface area contributed by atoms with Crippen LogP contribution in [-0.4, -0.2) is 59.7 Å². The monoisotopic (exact) mass is 485 g/mol. The van der Waals surface area contributed by atoms with Gasteiger partial charge in [0.15, 0.2) is 12.4 Å². The summed E-state index contributed by atoms with van der Waals surface area (Å²) in [6.07, 6.45) is 1.43. The van der Waals surface area contributed by atoms with Crippen LogP contribution in [0.4, 0.5) is 0 Å². The first kappa shape index (κ1) is 24.6. The highest BCUT2D eigenvalue weighted by Gasteiger charge is 2.16. The molecule has 1 aromatic heterocycles. The van der Waals surface area contributed by atoms with Crippen LogP contribution in [0.1, 0.15) is 12.5 Å². The van der Waals surface area contributed by atoms with Gasteiger partial charge in [-0.15, -0.1) is 5.10 Å². The minimum atomic E-state index is -1.17. The van der Waals surface area contributed by atoms with Crippen molar-refractivity contribution in [1.29, 1.82) is 0 Å². The summed E-state index contributed by atoms with van der Waals surface area (Å²) in [6.45, 7) is 1.65. The standard InChI is InChI=1S/C23H23N3O7S/c1-4-32-20(27)13-33-18-8-6-5-7-14(18)11-19(22(28)29)34-23-24-21(25-26-23)15-9-16(30-2)12-17(10-15)31-3/h5-12H,4,13H2,1-3H3,(H,28,29)(H,24,25,26)/b19-11-. The van der Waals surface area contributed by atoms with Crippen LogP contribution in [-0.2, 0) is 14.3 Å². The zero-order chi connectivity index (χ0) is 24.5. The summed E-state index contributed by atoms with van der Waals surface area (Å²) in [4.78, 5) is 27.9. The van der Waals surface area contributed by atoms with Crippen LogP contribution in [0.15, 0.2) is 52.5 Å². The number of para-hydroxylation sites is 1. The number of aromatic nitrogens is 3. The van der Waals surface area contributed by atoms with E-state index in [4.69, 9.17) is 18.9 Å². The molecule has 0 fully saturated rings. The molecule has 0 aliphatic rings. The van der Waals surface area contributed by atoms with E-state index in [0.717, 1.165) is 11.8 Å². The molecule has 3 aromatic rings. The molecular formula is C23H23N3O7S. The Labute approximate surface area is 199 Å². The van der Waals surface area contributed by atoms with Crippen molar-refractivity contribution < 1.29 is 33.6 Å². The fourth-order valence-electron chi connectivity index (χ4n) is 2.81. The highest BCUT2D eigenvalue weighted by Crippen LogP contribution is 2.32. The Bertz CT molecular complexity index is 1170. The molecule has 0 atom stereocenters. The number of methoxy groups -OCH3 is 2. The van der Waals surface area contributed by atoms with E-state index < -0.39 is 11.9 Å². The van der Waals surface area contributed by atoms with Gasteiger partial charge >= 0.3 is 11.9 Å². The van der Waals surface area contributed by atoms with Gasteiger partial charge in [-0.3, -0.25) is 5.10 Å². The first-order valence-corrected chi connectivity index (χ1v) is 10.9. The minimum absolute atomic E-state index is 0.0408. The smallest absolute Gasteiger partial charge is 0.344 e. The Morgan fingerprint density at radius 1 is 1.12 bits per heavy atom. The third-order valence-corrected chi connectivity index (χ3v) is 5.24. The Morgan fingerprint density at radius 2 is 1.82 bits per heavy atom. The summed E-state index contributed by atoms with van der Waals surface area (Å²) in [5.74, 6) is 0.226. The zero-order valence-electron chi connectivity index (χ0n) is 18.7. The van der Waals surface area contributed by atoms with Gasteiger partial charge in [-0.1, -0.05) is 18.2 Å². The van der Waals surface area contributed by atoms with Gasteiger partial charge in [-0.2, -0.15) is 0 Å². The number of aromatic amines is 1. The van der Waals surface area contributed by atoms with Gasteiger partial charge < -0.3 is 24.1 Å². The van der Waals surface area contributed by atoms with Crippen molar-refractivity contribution in [3.05, 3.63) is 52.9 Å². The van der Waals surface area contributed by atoms with Gasteiger partial charge in [0.1, 0.15) is 22.2 Å². The van der Waals surface area contributed by atoms with Crippen LogP contribution >= 0.6 is 11.8 Å². The summed E-state index contributed by atoms with van der Waals surface area (Å²) in [5, 5.41) is 16.9. The first-order chi connectivity index (χ1) is 16.4. The van der Waals surface area contributed by atoms with Crippen molar-refractivity contribution in [2.24, 2.45) is 0 Å². The quantitative estimate of drug-likeness (QED) is 0.235. The van der Waals surface area contributed by atoms with Crippen LogP contribution in [0.25, 0.3) is 17.5 Å². The normalized spacial score (nSPS) is 11.1. The Morgan fingerprint density at radius 3 is 2.47 bits per heavy atom. The first-order valence-electron chi connectivity index (χ1n) is 10.1. The molecule has 0 aliphatic carbocycles. The number of nitrogens with one attached hydrogen (secondary N) is 1. The van der Waals surface area contributed by atoms with Crippen molar-refractivity contribution in [2.75, 3.05) is 27.4 Å². The fraction of sp³-hybridized carbons (Fsp3) is 0.217. The molecule has 178 valence electrons. The molecule has 1 heterocycles. The molecule has 0 bridgehead atoms. The van der Waals surface area contributed by atoms with E-state index >= 15 is 0 Å². The molecule has 0 unspecified atom stereocenters. The molecule has 11 heteroatoms. The predicted octanol–water partition coefficient (Wildman–Crippen LogP) is 3.65. The van der Waals surface area contributed by atoms with Gasteiger partial charge in [0, 0.05) is 17.2 Å². The Balaban J connectivity index is 1.83. The van der Waals surface area contributed by atoms with Crippen molar-refractivity contribution in [2.45, 2.75) is 12.1 Å². The van der Waals surface area contributed by atoms with Gasteiger partial charge in [-0.25, -0.2) is 14.6 Å². The lowest BCUT2D eigenvalue weighted by molar-refractivity contribution is -0.145. The molecule has 10 nitrogen and oxygen atoms in total. The predicted molar refractivity (Wildman–Crippen MR) is 125 cm³/mol. The minimum Gasteiger partial charge on any atom is -0.497 e. The zero-order valence-corrected chi connectivity index (χ0v) is 19.5. The molecule has 0 spiro atoms. The number of hydrogen-bond acceptors (Lipinski definition) is 9. The van der Waals surface area contributed by atoms with E-state index in [1.807, 2.05) is 0 Å². The maximum atomic E-state index is 11.9. The van der Waals surface area contributed by atoms with Crippen molar-refractivity contribution >= 4 is 29.8 Å². The number of carboxylic acids is 1.